The van der Waals surface area contributed by atoms with Crippen molar-refractivity contribution in [3.05, 3.63) is 69.8 Å². The van der Waals surface area contributed by atoms with Crippen LogP contribution in [0.2, 0.25) is 0 Å². The van der Waals surface area contributed by atoms with Gasteiger partial charge in [-0.25, -0.2) is 4.79 Å². The van der Waals surface area contributed by atoms with Crippen LogP contribution in [-0.2, 0) is 15.1 Å². The third-order valence-electron chi connectivity index (χ3n) is 4.54. The van der Waals surface area contributed by atoms with Crippen molar-refractivity contribution in [2.24, 2.45) is 0 Å². The fraction of sp³-hybridized carbons (Fsp3) is 0.211. The molecule has 0 aliphatic carbocycles. The molecule has 2 aromatic rings. The van der Waals surface area contributed by atoms with Gasteiger partial charge in [0.1, 0.15) is 11.3 Å². The quantitative estimate of drug-likeness (QED) is 0.433. The summed E-state index contributed by atoms with van der Waals surface area (Å²) in [5.41, 5.74) is 1.78. The van der Waals surface area contributed by atoms with Gasteiger partial charge in [0.25, 0.3) is 17.5 Å². The highest BCUT2D eigenvalue weighted by Crippen LogP contribution is 2.29. The highest BCUT2D eigenvalue weighted by atomic mass is 16.6. The summed E-state index contributed by atoms with van der Waals surface area (Å²) in [7, 11) is 0. The first kappa shape index (κ1) is 19.8. The lowest BCUT2D eigenvalue weighted by molar-refractivity contribution is -0.384. The maximum atomic E-state index is 12.8. The number of rotatable bonds is 6. The number of amides is 4. The molecule has 10 nitrogen and oxygen atoms in total. The zero-order valence-corrected chi connectivity index (χ0v) is 15.7. The molecule has 1 fully saturated rings. The predicted octanol–water partition coefficient (Wildman–Crippen LogP) is 1.78. The van der Waals surface area contributed by atoms with Crippen LogP contribution < -0.4 is 15.5 Å². The van der Waals surface area contributed by atoms with Crippen LogP contribution in [0.3, 0.4) is 0 Å². The van der Waals surface area contributed by atoms with Crippen molar-refractivity contribution in [2.75, 3.05) is 6.61 Å². The van der Waals surface area contributed by atoms with Crippen LogP contribution >= 0.6 is 0 Å². The van der Waals surface area contributed by atoms with Crippen molar-refractivity contribution < 1.29 is 24.0 Å². The topological polar surface area (TPSA) is 131 Å². The van der Waals surface area contributed by atoms with E-state index in [-0.39, 0.29) is 5.69 Å². The molecule has 29 heavy (non-hydrogen) atoms. The zero-order chi connectivity index (χ0) is 21.2. The Hall–Kier alpha value is -3.95. The number of nitro benzene ring substituents is 1. The number of nitrogens with one attached hydrogen (secondary N) is 2. The first-order chi connectivity index (χ1) is 13.7. The van der Waals surface area contributed by atoms with Crippen LogP contribution in [0.5, 0.6) is 5.75 Å². The summed E-state index contributed by atoms with van der Waals surface area (Å²) in [6.45, 7) is 2.88. The van der Waals surface area contributed by atoms with Crippen molar-refractivity contribution in [1.82, 2.24) is 15.8 Å². The molecule has 0 radical (unpaired) electrons. The van der Waals surface area contributed by atoms with E-state index in [2.05, 4.69) is 10.7 Å². The summed E-state index contributed by atoms with van der Waals surface area (Å²) in [5.74, 6) is -0.902. The summed E-state index contributed by atoms with van der Waals surface area (Å²) in [4.78, 5) is 47.4. The first-order valence-electron chi connectivity index (χ1n) is 8.62. The molecule has 0 bridgehead atoms. The van der Waals surface area contributed by atoms with Crippen molar-refractivity contribution in [3.8, 4) is 5.75 Å². The SMILES string of the molecule is Cc1ccccc1OCC(=O)NN1C(=O)N[C@](C)(c2ccc([N+](=O)[O-])cc2)C1=O. The van der Waals surface area contributed by atoms with Crippen LogP contribution in [0.15, 0.2) is 48.5 Å². The maximum absolute atomic E-state index is 12.8. The van der Waals surface area contributed by atoms with Gasteiger partial charge in [0.05, 0.1) is 4.92 Å². The fourth-order valence-electron chi connectivity index (χ4n) is 2.87. The number of nitrogens with zero attached hydrogens (tertiary/aromatic N) is 2. The van der Waals surface area contributed by atoms with Crippen LogP contribution in [0.25, 0.3) is 0 Å². The maximum Gasteiger partial charge on any atom is 0.344 e. The molecule has 0 saturated carbocycles. The lowest BCUT2D eigenvalue weighted by Gasteiger charge is -2.22. The summed E-state index contributed by atoms with van der Waals surface area (Å²) in [6, 6.07) is 11.5. The molecule has 1 aliphatic rings. The Morgan fingerprint density at radius 1 is 1.21 bits per heavy atom. The van der Waals surface area contributed by atoms with Gasteiger partial charge in [-0.05, 0) is 43.2 Å². The number of carbonyl (C=O) groups excluding carboxylic acids is 3. The number of ether oxygens (including phenoxy) is 1. The molecule has 3 rings (SSSR count). The number of urea groups is 1. The molecule has 1 atom stereocenters. The number of para-hydroxylation sites is 1. The minimum absolute atomic E-state index is 0.146. The number of nitro groups is 1. The van der Waals surface area contributed by atoms with E-state index in [0.29, 0.717) is 16.3 Å². The third-order valence-corrected chi connectivity index (χ3v) is 4.54. The number of hydrazine groups is 1. The second kappa shape index (κ2) is 7.58. The molecular formula is C19H18N4O6. The van der Waals surface area contributed by atoms with Gasteiger partial charge in [0, 0.05) is 12.1 Å². The Balaban J connectivity index is 1.69. The average Bonchev–Trinajstić information content (AvgIpc) is 2.91. The van der Waals surface area contributed by atoms with E-state index < -0.39 is 34.9 Å². The Bertz CT molecular complexity index is 990. The van der Waals surface area contributed by atoms with Crippen LogP contribution in [0.1, 0.15) is 18.1 Å². The lowest BCUT2D eigenvalue weighted by Crippen LogP contribution is -2.49. The van der Waals surface area contributed by atoms with Crippen molar-refractivity contribution >= 4 is 23.5 Å². The molecule has 0 aromatic heterocycles. The first-order valence-corrected chi connectivity index (χ1v) is 8.62. The second-order valence-corrected chi connectivity index (χ2v) is 6.59. The Kier molecular flexibility index (Phi) is 5.18. The zero-order valence-electron chi connectivity index (χ0n) is 15.7. The molecule has 2 N–H and O–H groups in total. The third kappa shape index (κ3) is 3.86. The van der Waals surface area contributed by atoms with Gasteiger partial charge in [-0.15, -0.1) is 0 Å². The van der Waals surface area contributed by atoms with E-state index in [0.717, 1.165) is 5.56 Å². The number of aryl methyl sites for hydroxylation is 1. The fourth-order valence-corrected chi connectivity index (χ4v) is 2.87. The molecule has 1 aliphatic heterocycles. The van der Waals surface area contributed by atoms with Gasteiger partial charge in [-0.2, -0.15) is 5.01 Å². The molecular weight excluding hydrogens is 380 g/mol. The number of hydrogen-bond donors (Lipinski definition) is 2. The van der Waals surface area contributed by atoms with E-state index in [1.807, 2.05) is 19.1 Å². The van der Waals surface area contributed by atoms with E-state index in [1.165, 1.54) is 31.2 Å². The van der Waals surface area contributed by atoms with Gasteiger partial charge in [0.2, 0.25) is 0 Å². The molecule has 4 amide bonds. The van der Waals surface area contributed by atoms with Crippen molar-refractivity contribution in [3.63, 3.8) is 0 Å². The predicted molar refractivity (Wildman–Crippen MR) is 101 cm³/mol. The van der Waals surface area contributed by atoms with Gasteiger partial charge < -0.3 is 10.1 Å². The van der Waals surface area contributed by atoms with E-state index >= 15 is 0 Å². The average molecular weight is 398 g/mol. The molecule has 1 saturated heterocycles. The minimum atomic E-state index is -1.48. The van der Waals surface area contributed by atoms with Crippen molar-refractivity contribution in [2.45, 2.75) is 19.4 Å². The highest BCUT2D eigenvalue weighted by Gasteiger charge is 2.50. The molecule has 1 heterocycles. The standard InChI is InChI=1S/C19H18N4O6/c1-12-5-3-4-6-15(12)29-11-16(24)21-22-17(25)19(2,20-18(22)26)13-7-9-14(10-8-13)23(27)28/h3-10H,11H2,1-2H3,(H,20,26)(H,21,24)/t19-/m1/s1. The minimum Gasteiger partial charge on any atom is -0.483 e. The van der Waals surface area contributed by atoms with Gasteiger partial charge in [-0.1, -0.05) is 18.2 Å². The number of non-ortho nitro benzene ring substituents is 1. The molecule has 0 unspecified atom stereocenters. The largest absolute Gasteiger partial charge is 0.483 e. The van der Waals surface area contributed by atoms with Crippen LogP contribution in [0.4, 0.5) is 10.5 Å². The number of hydrogen-bond acceptors (Lipinski definition) is 6. The Morgan fingerprint density at radius 3 is 2.48 bits per heavy atom. The molecule has 10 heteroatoms. The summed E-state index contributed by atoms with van der Waals surface area (Å²) in [6.07, 6.45) is 0. The Morgan fingerprint density at radius 2 is 1.86 bits per heavy atom. The highest BCUT2D eigenvalue weighted by molar-refractivity contribution is 6.08. The van der Waals surface area contributed by atoms with E-state index in [9.17, 15) is 24.5 Å². The summed E-state index contributed by atoms with van der Waals surface area (Å²) >= 11 is 0. The number of benzene rings is 2. The van der Waals surface area contributed by atoms with Gasteiger partial charge >= 0.3 is 6.03 Å². The second-order valence-electron chi connectivity index (χ2n) is 6.59. The smallest absolute Gasteiger partial charge is 0.344 e. The number of imide groups is 1. The molecule has 0 spiro atoms. The van der Waals surface area contributed by atoms with E-state index in [4.69, 9.17) is 4.74 Å². The van der Waals surface area contributed by atoms with Crippen LogP contribution in [0, 0.1) is 17.0 Å². The Labute approximate surface area is 165 Å². The summed E-state index contributed by atoms with van der Waals surface area (Å²) in [5, 5.41) is 13.9. The van der Waals surface area contributed by atoms with Gasteiger partial charge in [-0.3, -0.25) is 25.1 Å². The normalized spacial score (nSPS) is 18.3. The van der Waals surface area contributed by atoms with E-state index in [1.54, 1.807) is 12.1 Å². The summed E-state index contributed by atoms with van der Waals surface area (Å²) < 4.78 is 5.41. The monoisotopic (exact) mass is 398 g/mol. The molecule has 150 valence electrons. The lowest BCUT2D eigenvalue weighted by atomic mass is 9.92. The van der Waals surface area contributed by atoms with Crippen LogP contribution in [-0.4, -0.2) is 34.4 Å². The van der Waals surface area contributed by atoms with Crippen molar-refractivity contribution in [1.29, 1.82) is 0 Å². The molecule has 2 aromatic carbocycles. The number of carbonyl (C=O) groups is 3. The van der Waals surface area contributed by atoms with Gasteiger partial charge in [0.15, 0.2) is 6.61 Å².